The molecule has 0 aliphatic carbocycles. The summed E-state index contributed by atoms with van der Waals surface area (Å²) in [7, 11) is -3.61. The Morgan fingerprint density at radius 2 is 1.82 bits per heavy atom. The van der Waals surface area contributed by atoms with Crippen LogP contribution in [0.2, 0.25) is 0 Å². The van der Waals surface area contributed by atoms with Gasteiger partial charge in [0, 0.05) is 0 Å². The van der Waals surface area contributed by atoms with Gasteiger partial charge in [-0.05, 0) is 25.2 Å². The lowest BCUT2D eigenvalue weighted by Crippen LogP contribution is -2.24. The molecule has 0 fully saturated rings. The quantitative estimate of drug-likeness (QED) is 0.228. The van der Waals surface area contributed by atoms with Crippen LogP contribution < -0.4 is 0 Å². The first-order chi connectivity index (χ1) is 10.1. The number of unbranched alkanes of at least 4 members (excludes halogenated alkanes) is 1. The van der Waals surface area contributed by atoms with Crippen LogP contribution in [0.5, 0.6) is 0 Å². The van der Waals surface area contributed by atoms with Crippen LogP contribution in [0.15, 0.2) is 0 Å². The first-order valence-corrected chi connectivity index (χ1v) is 8.43. The van der Waals surface area contributed by atoms with Crippen LogP contribution in [0.25, 0.3) is 0 Å². The summed E-state index contributed by atoms with van der Waals surface area (Å²) < 4.78 is 16.5. The molecule has 1 unspecified atom stereocenters. The smallest absolute Gasteiger partial charge is 0.324 e. The van der Waals surface area contributed by atoms with Gasteiger partial charge in [0.1, 0.15) is 12.7 Å². The third-order valence-electron chi connectivity index (χ3n) is 2.41. The van der Waals surface area contributed by atoms with E-state index in [1.165, 1.54) is 0 Å². The molecule has 1 N–H and O–H groups in total. The van der Waals surface area contributed by atoms with E-state index in [1.807, 2.05) is 0 Å². The molecular weight excluding hydrogens is 323 g/mol. The molecule has 130 valence electrons. The van der Waals surface area contributed by atoms with Crippen LogP contribution in [0, 0.1) is 26.1 Å². The fraction of sp³-hybridized carbons (Fsp3) is 1.00. The van der Waals surface area contributed by atoms with E-state index in [9.17, 15) is 29.7 Å². The van der Waals surface area contributed by atoms with Gasteiger partial charge in [-0.3, -0.25) is 4.57 Å². The molecule has 0 bridgehead atoms. The van der Waals surface area contributed by atoms with E-state index in [4.69, 9.17) is 4.52 Å². The molecule has 0 rings (SSSR count). The number of hydrogen-bond donors (Lipinski definition) is 1. The standard InChI is InChI=1S/C10H21N2O9P/c1-9(2)8-22(17,18)20-6-4-3-5-10(21-12(15)16)7-19-11(13)14/h9-10H,3-8H2,1-2H3,(H,17,18)/t10-/m0/s1. The topological polar surface area (TPSA) is 151 Å². The minimum absolute atomic E-state index is 0.0157. The highest BCUT2D eigenvalue weighted by molar-refractivity contribution is 7.52. The van der Waals surface area contributed by atoms with Crippen molar-refractivity contribution in [2.45, 2.75) is 39.2 Å². The van der Waals surface area contributed by atoms with Gasteiger partial charge in [0.25, 0.3) is 10.2 Å². The van der Waals surface area contributed by atoms with Gasteiger partial charge >= 0.3 is 7.60 Å². The monoisotopic (exact) mass is 344 g/mol. The first kappa shape index (κ1) is 20.6. The number of nitrogens with zero attached hydrogens (tertiary/aromatic N) is 2. The van der Waals surface area contributed by atoms with Crippen LogP contribution in [0.4, 0.5) is 0 Å². The molecule has 2 atom stereocenters. The Bertz CT molecular complexity index is 404. The summed E-state index contributed by atoms with van der Waals surface area (Å²) in [5, 5.41) is 18.2. The lowest BCUT2D eigenvalue weighted by Gasteiger charge is -2.15. The van der Waals surface area contributed by atoms with Crippen molar-refractivity contribution in [3.05, 3.63) is 20.2 Å². The second kappa shape index (κ2) is 10.3. The van der Waals surface area contributed by atoms with Gasteiger partial charge in [-0.25, -0.2) is 0 Å². The fourth-order valence-electron chi connectivity index (χ4n) is 1.63. The molecule has 0 aromatic carbocycles. The highest BCUT2D eigenvalue weighted by Gasteiger charge is 2.21. The molecule has 0 amide bonds. The molecule has 0 aromatic rings. The maximum Gasteiger partial charge on any atom is 0.328 e. The van der Waals surface area contributed by atoms with Crippen molar-refractivity contribution in [2.75, 3.05) is 19.4 Å². The molecule has 0 radical (unpaired) electrons. The van der Waals surface area contributed by atoms with Gasteiger partial charge in [-0.2, -0.15) is 0 Å². The molecule has 12 heteroatoms. The zero-order valence-electron chi connectivity index (χ0n) is 12.5. The van der Waals surface area contributed by atoms with E-state index in [2.05, 4.69) is 9.68 Å². The molecular formula is C10H21N2O9P. The Kier molecular flexibility index (Phi) is 9.63. The molecule has 0 heterocycles. The van der Waals surface area contributed by atoms with E-state index in [1.54, 1.807) is 13.8 Å². The third-order valence-corrected chi connectivity index (χ3v) is 4.19. The minimum Gasteiger partial charge on any atom is -0.324 e. The molecule has 0 saturated heterocycles. The Balaban J connectivity index is 3.99. The zero-order chi connectivity index (χ0) is 17.2. The molecule has 22 heavy (non-hydrogen) atoms. The van der Waals surface area contributed by atoms with Crippen molar-refractivity contribution < 1.29 is 33.8 Å². The van der Waals surface area contributed by atoms with Gasteiger partial charge in [-0.15, -0.1) is 20.2 Å². The van der Waals surface area contributed by atoms with Gasteiger partial charge in [-0.1, -0.05) is 13.8 Å². The predicted molar refractivity (Wildman–Crippen MR) is 74.1 cm³/mol. The van der Waals surface area contributed by atoms with Gasteiger partial charge in [0.2, 0.25) is 0 Å². The largest absolute Gasteiger partial charge is 0.328 e. The summed E-state index contributed by atoms with van der Waals surface area (Å²) in [5.74, 6) is 0.0213. The van der Waals surface area contributed by atoms with E-state index >= 15 is 0 Å². The van der Waals surface area contributed by atoms with Crippen molar-refractivity contribution >= 4 is 7.60 Å². The maximum atomic E-state index is 11.6. The summed E-state index contributed by atoms with van der Waals surface area (Å²) in [6.07, 6.45) is -0.175. The van der Waals surface area contributed by atoms with Gasteiger partial charge < -0.3 is 19.1 Å². The molecule has 0 aliphatic heterocycles. The lowest BCUT2D eigenvalue weighted by molar-refractivity contribution is -0.790. The van der Waals surface area contributed by atoms with E-state index in [-0.39, 0.29) is 25.1 Å². The Morgan fingerprint density at radius 3 is 2.32 bits per heavy atom. The Morgan fingerprint density at radius 1 is 1.18 bits per heavy atom. The van der Waals surface area contributed by atoms with Crippen molar-refractivity contribution in [1.29, 1.82) is 0 Å². The van der Waals surface area contributed by atoms with Crippen LogP contribution in [0.3, 0.4) is 0 Å². The van der Waals surface area contributed by atoms with E-state index < -0.39 is 30.5 Å². The average Bonchev–Trinajstić information content (AvgIpc) is 2.32. The predicted octanol–water partition coefficient (Wildman–Crippen LogP) is 1.80. The highest BCUT2D eigenvalue weighted by atomic mass is 31.2. The number of hydrogen-bond acceptors (Lipinski definition) is 8. The molecule has 0 spiro atoms. The summed E-state index contributed by atoms with van der Waals surface area (Å²) in [5.41, 5.74) is 0. The Labute approximate surface area is 127 Å². The third kappa shape index (κ3) is 12.3. The average molecular weight is 344 g/mol. The van der Waals surface area contributed by atoms with E-state index in [0.717, 1.165) is 0 Å². The first-order valence-electron chi connectivity index (χ1n) is 6.67. The lowest BCUT2D eigenvalue weighted by atomic mass is 10.2. The summed E-state index contributed by atoms with van der Waals surface area (Å²) in [6, 6.07) is 0. The summed E-state index contributed by atoms with van der Waals surface area (Å²) >= 11 is 0. The zero-order valence-corrected chi connectivity index (χ0v) is 13.3. The molecule has 0 aromatic heterocycles. The van der Waals surface area contributed by atoms with Crippen molar-refractivity contribution in [1.82, 2.24) is 0 Å². The fourth-order valence-corrected chi connectivity index (χ4v) is 3.07. The molecule has 0 saturated carbocycles. The molecule has 11 nitrogen and oxygen atoms in total. The van der Waals surface area contributed by atoms with E-state index in [0.29, 0.717) is 12.8 Å². The maximum absolute atomic E-state index is 11.6. The summed E-state index contributed by atoms with van der Waals surface area (Å²) in [4.78, 5) is 38.1. The van der Waals surface area contributed by atoms with Crippen LogP contribution >= 0.6 is 7.60 Å². The van der Waals surface area contributed by atoms with Gasteiger partial charge in [0.15, 0.2) is 0 Å². The second-order valence-corrected chi connectivity index (χ2v) is 6.91. The summed E-state index contributed by atoms with van der Waals surface area (Å²) in [6.45, 7) is 3.05. The SMILES string of the molecule is CC(C)CP(=O)(O)OCCCC[C@@H](CO[N+](=O)[O-])O[N+](=O)[O-]. The minimum atomic E-state index is -3.61. The highest BCUT2D eigenvalue weighted by Crippen LogP contribution is 2.43. The number of rotatable bonds is 13. The Hall–Kier alpha value is -1.45. The van der Waals surface area contributed by atoms with Crippen LogP contribution in [-0.4, -0.2) is 40.5 Å². The normalized spacial score (nSPS) is 15.1. The second-order valence-electron chi connectivity index (χ2n) is 5.01. The van der Waals surface area contributed by atoms with Crippen LogP contribution in [-0.2, 0) is 18.8 Å². The van der Waals surface area contributed by atoms with Crippen molar-refractivity contribution in [2.24, 2.45) is 5.92 Å². The van der Waals surface area contributed by atoms with Crippen LogP contribution in [0.1, 0.15) is 33.1 Å². The van der Waals surface area contributed by atoms with Crippen molar-refractivity contribution in [3.8, 4) is 0 Å². The van der Waals surface area contributed by atoms with Crippen molar-refractivity contribution in [3.63, 3.8) is 0 Å². The molecule has 0 aliphatic rings. The van der Waals surface area contributed by atoms with Gasteiger partial charge in [0.05, 0.1) is 12.8 Å².